The van der Waals surface area contributed by atoms with Crippen molar-refractivity contribution in [1.82, 2.24) is 10.6 Å². The zero-order chi connectivity index (χ0) is 16.6. The number of carbonyl (C=O) groups is 1. The van der Waals surface area contributed by atoms with Crippen molar-refractivity contribution >= 4 is 6.03 Å². The summed E-state index contributed by atoms with van der Waals surface area (Å²) in [7, 11) is 0. The maximum atomic E-state index is 11.6. The van der Waals surface area contributed by atoms with Gasteiger partial charge in [-0.15, -0.1) is 0 Å². The fourth-order valence-corrected chi connectivity index (χ4v) is 1.77. The predicted molar refractivity (Wildman–Crippen MR) is 87.5 cm³/mol. The van der Waals surface area contributed by atoms with Gasteiger partial charge in [0.05, 0.1) is 18.3 Å². The molecule has 0 aliphatic carbocycles. The molecule has 2 amide bonds. The van der Waals surface area contributed by atoms with Crippen molar-refractivity contribution in [2.75, 3.05) is 6.54 Å². The Morgan fingerprint density at radius 3 is 2.59 bits per heavy atom. The molecule has 0 bridgehead atoms. The van der Waals surface area contributed by atoms with Gasteiger partial charge in [-0.25, -0.2) is 4.79 Å². The molecule has 1 aromatic carbocycles. The zero-order valence-electron chi connectivity index (χ0n) is 14.0. The van der Waals surface area contributed by atoms with Crippen molar-refractivity contribution in [1.29, 1.82) is 0 Å². The molecule has 0 saturated carbocycles. The van der Waals surface area contributed by atoms with E-state index in [9.17, 15) is 4.79 Å². The van der Waals surface area contributed by atoms with Crippen molar-refractivity contribution in [3.8, 4) is 0 Å². The molecule has 22 heavy (non-hydrogen) atoms. The van der Waals surface area contributed by atoms with Crippen LogP contribution >= 0.6 is 0 Å². The molecular formula is C17H28N2O3. The van der Waals surface area contributed by atoms with Gasteiger partial charge in [-0.05, 0) is 45.2 Å². The quantitative estimate of drug-likeness (QED) is 0.725. The summed E-state index contributed by atoms with van der Waals surface area (Å²) in [4.78, 5) is 11.6. The van der Waals surface area contributed by atoms with Crippen LogP contribution in [0.4, 0.5) is 4.79 Å². The lowest BCUT2D eigenvalue weighted by atomic mass is 10.1. The van der Waals surface area contributed by atoms with Crippen molar-refractivity contribution in [2.45, 2.75) is 59.0 Å². The summed E-state index contributed by atoms with van der Waals surface area (Å²) in [5.74, 6) is 0. The van der Waals surface area contributed by atoms with Crippen molar-refractivity contribution in [2.24, 2.45) is 0 Å². The molecule has 0 spiro atoms. The highest BCUT2D eigenvalue weighted by molar-refractivity contribution is 5.73. The minimum atomic E-state index is -0.403. The lowest BCUT2D eigenvalue weighted by Crippen LogP contribution is -2.36. The third-order valence-electron chi connectivity index (χ3n) is 2.96. The fraction of sp³-hybridized carbons (Fsp3) is 0.588. The zero-order valence-corrected chi connectivity index (χ0v) is 14.0. The van der Waals surface area contributed by atoms with E-state index in [-0.39, 0.29) is 11.6 Å². The minimum Gasteiger partial charge on any atom is -0.393 e. The summed E-state index contributed by atoms with van der Waals surface area (Å²) < 4.78 is 5.75. The number of rotatable bonds is 7. The van der Waals surface area contributed by atoms with Gasteiger partial charge in [-0.3, -0.25) is 0 Å². The van der Waals surface area contributed by atoms with E-state index in [0.29, 0.717) is 26.1 Å². The third kappa shape index (κ3) is 8.64. The first-order valence-corrected chi connectivity index (χ1v) is 7.68. The SMILES string of the molecule is CC(O)CCNC(=O)NCc1cccc(COC(C)(C)C)c1. The Balaban J connectivity index is 2.38. The maximum absolute atomic E-state index is 11.6. The smallest absolute Gasteiger partial charge is 0.315 e. The summed E-state index contributed by atoms with van der Waals surface area (Å²) in [5, 5.41) is 14.6. The minimum absolute atomic E-state index is 0.169. The van der Waals surface area contributed by atoms with Gasteiger partial charge in [0.1, 0.15) is 0 Å². The van der Waals surface area contributed by atoms with Crippen LogP contribution in [-0.4, -0.2) is 29.4 Å². The van der Waals surface area contributed by atoms with Crippen LogP contribution in [0.2, 0.25) is 0 Å². The van der Waals surface area contributed by atoms with Crippen molar-refractivity contribution in [3.05, 3.63) is 35.4 Å². The predicted octanol–water partition coefficient (Wildman–Crippen LogP) is 2.57. The number of benzene rings is 1. The number of carbonyl (C=O) groups excluding carboxylic acids is 1. The lowest BCUT2D eigenvalue weighted by molar-refractivity contribution is -0.0149. The van der Waals surface area contributed by atoms with Crippen LogP contribution in [0.3, 0.4) is 0 Å². The number of aliphatic hydroxyl groups excluding tert-OH is 1. The van der Waals surface area contributed by atoms with Gasteiger partial charge >= 0.3 is 6.03 Å². The molecule has 5 nitrogen and oxygen atoms in total. The molecular weight excluding hydrogens is 280 g/mol. The molecule has 1 atom stereocenters. The van der Waals surface area contributed by atoms with Crippen LogP contribution in [0.1, 0.15) is 45.2 Å². The third-order valence-corrected chi connectivity index (χ3v) is 2.96. The van der Waals surface area contributed by atoms with E-state index in [1.165, 1.54) is 0 Å². The molecule has 1 unspecified atom stereocenters. The average Bonchev–Trinajstić information content (AvgIpc) is 2.42. The van der Waals surface area contributed by atoms with Crippen LogP contribution in [0.15, 0.2) is 24.3 Å². The molecule has 1 rings (SSSR count). The maximum Gasteiger partial charge on any atom is 0.315 e. The summed E-state index contributed by atoms with van der Waals surface area (Å²) in [6, 6.07) is 7.75. The Bertz CT molecular complexity index is 467. The van der Waals surface area contributed by atoms with E-state index < -0.39 is 6.10 Å². The largest absolute Gasteiger partial charge is 0.393 e. The van der Waals surface area contributed by atoms with Gasteiger partial charge in [-0.2, -0.15) is 0 Å². The normalized spacial score (nSPS) is 12.8. The van der Waals surface area contributed by atoms with Gasteiger partial charge in [-0.1, -0.05) is 24.3 Å². The molecule has 124 valence electrons. The first-order chi connectivity index (χ1) is 10.3. The molecule has 0 aliphatic rings. The van der Waals surface area contributed by atoms with Crippen LogP contribution in [0.25, 0.3) is 0 Å². The van der Waals surface area contributed by atoms with Gasteiger partial charge in [0, 0.05) is 13.1 Å². The van der Waals surface area contributed by atoms with Crippen LogP contribution in [0, 0.1) is 0 Å². The summed E-state index contributed by atoms with van der Waals surface area (Å²) in [6.45, 7) is 9.25. The van der Waals surface area contributed by atoms with Crippen LogP contribution in [-0.2, 0) is 17.9 Å². The summed E-state index contributed by atoms with van der Waals surface area (Å²) >= 11 is 0. The fourth-order valence-electron chi connectivity index (χ4n) is 1.77. The number of hydrogen-bond acceptors (Lipinski definition) is 3. The van der Waals surface area contributed by atoms with Gasteiger partial charge < -0.3 is 20.5 Å². The van der Waals surface area contributed by atoms with Crippen molar-refractivity contribution < 1.29 is 14.6 Å². The Labute approximate surface area is 133 Å². The van der Waals surface area contributed by atoms with E-state index >= 15 is 0 Å². The van der Waals surface area contributed by atoms with E-state index in [0.717, 1.165) is 11.1 Å². The van der Waals surface area contributed by atoms with E-state index in [1.807, 2.05) is 45.0 Å². The average molecular weight is 308 g/mol. The number of hydrogen-bond donors (Lipinski definition) is 3. The first kappa shape index (κ1) is 18.5. The number of urea groups is 1. The molecule has 1 aromatic rings. The second-order valence-electron chi connectivity index (χ2n) is 6.47. The van der Waals surface area contributed by atoms with Crippen LogP contribution in [0.5, 0.6) is 0 Å². The van der Waals surface area contributed by atoms with E-state index in [4.69, 9.17) is 9.84 Å². The van der Waals surface area contributed by atoms with Gasteiger partial charge in [0.2, 0.25) is 0 Å². The summed E-state index contributed by atoms with van der Waals surface area (Å²) in [5.41, 5.74) is 1.95. The Morgan fingerprint density at radius 1 is 1.27 bits per heavy atom. The summed E-state index contributed by atoms with van der Waals surface area (Å²) in [6.07, 6.45) is 0.146. The highest BCUT2D eigenvalue weighted by atomic mass is 16.5. The monoisotopic (exact) mass is 308 g/mol. The van der Waals surface area contributed by atoms with Gasteiger partial charge in [0.25, 0.3) is 0 Å². The molecule has 0 saturated heterocycles. The molecule has 0 aliphatic heterocycles. The number of ether oxygens (including phenoxy) is 1. The molecule has 3 N–H and O–H groups in total. The number of amides is 2. The molecule has 0 heterocycles. The van der Waals surface area contributed by atoms with E-state index in [2.05, 4.69) is 10.6 Å². The molecule has 0 fully saturated rings. The Morgan fingerprint density at radius 2 is 1.95 bits per heavy atom. The first-order valence-electron chi connectivity index (χ1n) is 7.68. The second-order valence-corrected chi connectivity index (χ2v) is 6.47. The highest BCUT2D eigenvalue weighted by Crippen LogP contribution is 2.13. The van der Waals surface area contributed by atoms with E-state index in [1.54, 1.807) is 6.92 Å². The van der Waals surface area contributed by atoms with Crippen LogP contribution < -0.4 is 10.6 Å². The molecule has 5 heteroatoms. The molecule has 0 aromatic heterocycles. The Hall–Kier alpha value is -1.59. The standard InChI is InChI=1S/C17H28N2O3/c1-13(20)8-9-18-16(21)19-11-14-6-5-7-15(10-14)12-22-17(2,3)4/h5-7,10,13,20H,8-9,11-12H2,1-4H3,(H2,18,19,21). The second kappa shape index (κ2) is 8.76. The molecule has 0 radical (unpaired) electrons. The Kier molecular flexibility index (Phi) is 7.35. The number of aliphatic hydroxyl groups is 1. The lowest BCUT2D eigenvalue weighted by Gasteiger charge is -2.19. The van der Waals surface area contributed by atoms with Gasteiger partial charge in [0.15, 0.2) is 0 Å². The van der Waals surface area contributed by atoms with Crippen molar-refractivity contribution in [3.63, 3.8) is 0 Å². The highest BCUT2D eigenvalue weighted by Gasteiger charge is 2.10. The number of nitrogens with one attached hydrogen (secondary N) is 2. The topological polar surface area (TPSA) is 70.6 Å².